The number of amides is 1. The molecule has 124 valence electrons. The standard InChI is InChI=1S/C17H22FN3O2/c1-3-23-11-17(6-4-7-17)10-19-16(22)14-15(18)21-8-5-12(2)9-13(21)20-14/h5,8-9H,3-4,6-7,10-11H2,1-2H3,(H,19,22). The number of aromatic nitrogens is 2. The van der Waals surface area contributed by atoms with Gasteiger partial charge >= 0.3 is 0 Å². The number of fused-ring (bicyclic) bond motifs is 1. The Bertz CT molecular complexity index is 722. The van der Waals surface area contributed by atoms with Crippen LogP contribution in [0.2, 0.25) is 0 Å². The van der Waals surface area contributed by atoms with Crippen LogP contribution >= 0.6 is 0 Å². The van der Waals surface area contributed by atoms with Crippen LogP contribution in [-0.2, 0) is 4.74 Å². The fourth-order valence-electron chi connectivity index (χ4n) is 2.98. The Labute approximate surface area is 134 Å². The van der Waals surface area contributed by atoms with Crippen LogP contribution in [0.4, 0.5) is 4.39 Å². The number of nitrogens with one attached hydrogen (secondary N) is 1. The largest absolute Gasteiger partial charge is 0.381 e. The van der Waals surface area contributed by atoms with Gasteiger partial charge in [0.05, 0.1) is 6.61 Å². The van der Waals surface area contributed by atoms with Crippen LogP contribution < -0.4 is 5.32 Å². The van der Waals surface area contributed by atoms with Crippen molar-refractivity contribution in [1.82, 2.24) is 14.7 Å². The summed E-state index contributed by atoms with van der Waals surface area (Å²) >= 11 is 0. The summed E-state index contributed by atoms with van der Waals surface area (Å²) in [4.78, 5) is 16.4. The van der Waals surface area contributed by atoms with Gasteiger partial charge in [0.2, 0.25) is 5.95 Å². The molecular weight excluding hydrogens is 297 g/mol. The predicted octanol–water partition coefficient (Wildman–Crippen LogP) is 2.72. The topological polar surface area (TPSA) is 55.6 Å². The third kappa shape index (κ3) is 3.08. The molecule has 3 rings (SSSR count). The van der Waals surface area contributed by atoms with Crippen molar-refractivity contribution < 1.29 is 13.9 Å². The molecule has 0 saturated heterocycles. The average Bonchev–Trinajstić information content (AvgIpc) is 2.82. The Kier molecular flexibility index (Phi) is 4.35. The number of imidazole rings is 1. The second-order valence-electron chi connectivity index (χ2n) is 6.36. The van der Waals surface area contributed by atoms with Crippen molar-refractivity contribution in [2.24, 2.45) is 5.41 Å². The van der Waals surface area contributed by atoms with Crippen LogP contribution in [0.5, 0.6) is 0 Å². The quantitative estimate of drug-likeness (QED) is 0.891. The molecular formula is C17H22FN3O2. The van der Waals surface area contributed by atoms with Crippen molar-refractivity contribution >= 4 is 11.6 Å². The van der Waals surface area contributed by atoms with Crippen molar-refractivity contribution in [2.75, 3.05) is 19.8 Å². The van der Waals surface area contributed by atoms with Gasteiger partial charge in [-0.2, -0.15) is 4.39 Å². The van der Waals surface area contributed by atoms with Gasteiger partial charge in [-0.05, 0) is 44.4 Å². The summed E-state index contributed by atoms with van der Waals surface area (Å²) in [5.41, 5.74) is 1.26. The van der Waals surface area contributed by atoms with Crippen molar-refractivity contribution in [3.05, 3.63) is 35.5 Å². The summed E-state index contributed by atoms with van der Waals surface area (Å²) in [6.45, 7) is 5.66. The summed E-state index contributed by atoms with van der Waals surface area (Å²) in [6.07, 6.45) is 4.79. The maximum absolute atomic E-state index is 14.3. The molecule has 5 nitrogen and oxygen atoms in total. The molecule has 0 bridgehead atoms. The maximum Gasteiger partial charge on any atom is 0.274 e. The first kappa shape index (κ1) is 15.9. The monoisotopic (exact) mass is 319 g/mol. The Morgan fingerprint density at radius 3 is 2.96 bits per heavy atom. The van der Waals surface area contributed by atoms with Crippen molar-refractivity contribution in [3.63, 3.8) is 0 Å². The predicted molar refractivity (Wildman–Crippen MR) is 85.0 cm³/mol. The summed E-state index contributed by atoms with van der Waals surface area (Å²) < 4.78 is 21.2. The Morgan fingerprint density at radius 2 is 2.30 bits per heavy atom. The third-order valence-electron chi connectivity index (χ3n) is 4.59. The van der Waals surface area contributed by atoms with E-state index in [2.05, 4.69) is 10.3 Å². The van der Waals surface area contributed by atoms with E-state index in [4.69, 9.17) is 4.74 Å². The molecule has 1 amide bonds. The Morgan fingerprint density at radius 1 is 1.52 bits per heavy atom. The first-order chi connectivity index (χ1) is 11.0. The molecule has 0 aromatic carbocycles. The lowest BCUT2D eigenvalue weighted by atomic mass is 9.69. The lowest BCUT2D eigenvalue weighted by molar-refractivity contribution is -0.000238. The highest BCUT2D eigenvalue weighted by atomic mass is 19.1. The highest BCUT2D eigenvalue weighted by Crippen LogP contribution is 2.40. The minimum atomic E-state index is -0.620. The molecule has 2 heterocycles. The number of ether oxygens (including phenoxy) is 1. The summed E-state index contributed by atoms with van der Waals surface area (Å²) in [6, 6.07) is 3.53. The van der Waals surface area contributed by atoms with Gasteiger partial charge in [0.15, 0.2) is 5.69 Å². The molecule has 2 aromatic heterocycles. The molecule has 0 unspecified atom stereocenters. The van der Waals surface area contributed by atoms with Gasteiger partial charge in [-0.25, -0.2) is 4.98 Å². The van der Waals surface area contributed by atoms with E-state index in [1.807, 2.05) is 13.8 Å². The average molecular weight is 319 g/mol. The Balaban J connectivity index is 1.72. The van der Waals surface area contributed by atoms with Gasteiger partial charge in [-0.15, -0.1) is 0 Å². The summed E-state index contributed by atoms with van der Waals surface area (Å²) in [7, 11) is 0. The van der Waals surface area contributed by atoms with Crippen LogP contribution in [-0.4, -0.2) is 35.1 Å². The number of carbonyl (C=O) groups excluding carboxylic acids is 1. The molecule has 0 atom stereocenters. The van der Waals surface area contributed by atoms with E-state index >= 15 is 0 Å². The number of carbonyl (C=O) groups is 1. The molecule has 2 aromatic rings. The zero-order valence-corrected chi connectivity index (χ0v) is 13.6. The van der Waals surface area contributed by atoms with Crippen molar-refractivity contribution in [1.29, 1.82) is 0 Å². The maximum atomic E-state index is 14.3. The van der Waals surface area contributed by atoms with Crippen LogP contribution in [0.25, 0.3) is 5.65 Å². The first-order valence-electron chi connectivity index (χ1n) is 8.05. The van der Waals surface area contributed by atoms with Gasteiger partial charge in [0, 0.05) is 24.8 Å². The smallest absolute Gasteiger partial charge is 0.274 e. The highest BCUT2D eigenvalue weighted by molar-refractivity contribution is 5.93. The fourth-order valence-corrected chi connectivity index (χ4v) is 2.98. The van der Waals surface area contributed by atoms with Crippen LogP contribution in [0, 0.1) is 18.3 Å². The second-order valence-corrected chi connectivity index (χ2v) is 6.36. The normalized spacial score (nSPS) is 16.3. The third-order valence-corrected chi connectivity index (χ3v) is 4.59. The zero-order valence-electron chi connectivity index (χ0n) is 13.6. The van der Waals surface area contributed by atoms with E-state index < -0.39 is 11.9 Å². The molecule has 23 heavy (non-hydrogen) atoms. The van der Waals surface area contributed by atoms with Gasteiger partial charge < -0.3 is 10.1 Å². The fraction of sp³-hybridized carbons (Fsp3) is 0.529. The molecule has 1 aliphatic carbocycles. The highest BCUT2D eigenvalue weighted by Gasteiger charge is 2.37. The Hall–Kier alpha value is -1.95. The second kappa shape index (κ2) is 6.28. The lowest BCUT2D eigenvalue weighted by Crippen LogP contribution is -2.45. The summed E-state index contributed by atoms with van der Waals surface area (Å²) in [5.74, 6) is -1.09. The number of rotatable bonds is 6. The number of hydrogen-bond acceptors (Lipinski definition) is 3. The SMILES string of the molecule is CCOCC1(CNC(=O)c2nc3cc(C)ccn3c2F)CCC1. The number of pyridine rings is 1. The number of nitrogens with zero attached hydrogens (tertiary/aromatic N) is 2. The zero-order chi connectivity index (χ0) is 16.4. The molecule has 6 heteroatoms. The van der Waals surface area contributed by atoms with E-state index in [1.165, 1.54) is 4.40 Å². The molecule has 1 aliphatic rings. The van der Waals surface area contributed by atoms with Gasteiger partial charge in [-0.1, -0.05) is 6.42 Å². The van der Waals surface area contributed by atoms with Crippen LogP contribution in [0.3, 0.4) is 0 Å². The lowest BCUT2D eigenvalue weighted by Gasteiger charge is -2.41. The molecule has 0 radical (unpaired) electrons. The van der Waals surface area contributed by atoms with Crippen LogP contribution in [0.15, 0.2) is 18.3 Å². The van der Waals surface area contributed by atoms with Crippen molar-refractivity contribution in [3.8, 4) is 0 Å². The number of halogens is 1. The van der Waals surface area contributed by atoms with E-state index in [-0.39, 0.29) is 11.1 Å². The first-order valence-corrected chi connectivity index (χ1v) is 8.05. The molecule has 1 N–H and O–H groups in total. The van der Waals surface area contributed by atoms with Gasteiger partial charge in [-0.3, -0.25) is 9.20 Å². The number of hydrogen-bond donors (Lipinski definition) is 1. The minimum Gasteiger partial charge on any atom is -0.381 e. The molecule has 1 fully saturated rings. The minimum absolute atomic E-state index is 0.00209. The van der Waals surface area contributed by atoms with Gasteiger partial charge in [0.25, 0.3) is 5.91 Å². The van der Waals surface area contributed by atoms with Crippen molar-refractivity contribution in [2.45, 2.75) is 33.1 Å². The molecule has 0 spiro atoms. The number of aryl methyl sites for hydroxylation is 1. The van der Waals surface area contributed by atoms with E-state index in [0.29, 0.717) is 25.4 Å². The summed E-state index contributed by atoms with van der Waals surface area (Å²) in [5, 5.41) is 2.83. The van der Waals surface area contributed by atoms with E-state index in [0.717, 1.165) is 24.8 Å². The van der Waals surface area contributed by atoms with E-state index in [1.54, 1.807) is 18.3 Å². The van der Waals surface area contributed by atoms with Crippen LogP contribution in [0.1, 0.15) is 42.2 Å². The van der Waals surface area contributed by atoms with Gasteiger partial charge in [0.1, 0.15) is 5.65 Å². The van der Waals surface area contributed by atoms with E-state index in [9.17, 15) is 9.18 Å². The molecule has 0 aliphatic heterocycles. The molecule has 1 saturated carbocycles.